The van der Waals surface area contributed by atoms with Crippen molar-refractivity contribution in [3.8, 4) is 0 Å². The Labute approximate surface area is 106 Å². The maximum absolute atomic E-state index is 6.22. The SMILES string of the molecule is C=C/C=C\C1=C(C(N)=C(C)C)CC(C)C(C)C1. The van der Waals surface area contributed by atoms with Gasteiger partial charge in [0.2, 0.25) is 0 Å². The minimum absolute atomic E-state index is 0.712. The molecule has 1 nitrogen and oxygen atoms in total. The highest BCUT2D eigenvalue weighted by molar-refractivity contribution is 5.42. The van der Waals surface area contributed by atoms with E-state index in [1.165, 1.54) is 16.7 Å². The number of allylic oxidation sites excluding steroid dienone is 6. The molecule has 94 valence electrons. The predicted molar refractivity (Wildman–Crippen MR) is 76.5 cm³/mol. The summed E-state index contributed by atoms with van der Waals surface area (Å²) in [5.41, 5.74) is 11.1. The zero-order valence-electron chi connectivity index (χ0n) is 11.6. The molecule has 0 aromatic carbocycles. The summed E-state index contributed by atoms with van der Waals surface area (Å²) in [6, 6.07) is 0. The molecule has 0 heterocycles. The van der Waals surface area contributed by atoms with Crippen molar-refractivity contribution in [2.45, 2.75) is 40.5 Å². The average molecular weight is 231 g/mol. The van der Waals surface area contributed by atoms with E-state index in [-0.39, 0.29) is 0 Å². The lowest BCUT2D eigenvalue weighted by molar-refractivity contribution is 0.363. The smallest absolute Gasteiger partial charge is 0.0335 e. The van der Waals surface area contributed by atoms with Gasteiger partial charge in [0.05, 0.1) is 0 Å². The Hall–Kier alpha value is -1.24. The van der Waals surface area contributed by atoms with Crippen LogP contribution in [0, 0.1) is 11.8 Å². The second kappa shape index (κ2) is 5.90. The molecule has 0 fully saturated rings. The minimum Gasteiger partial charge on any atom is -0.399 e. The maximum Gasteiger partial charge on any atom is 0.0335 e. The molecule has 0 bridgehead atoms. The molecule has 2 atom stereocenters. The highest BCUT2D eigenvalue weighted by Gasteiger charge is 2.24. The van der Waals surface area contributed by atoms with Crippen LogP contribution in [0.3, 0.4) is 0 Å². The van der Waals surface area contributed by atoms with Gasteiger partial charge in [-0.05, 0) is 49.7 Å². The Morgan fingerprint density at radius 2 is 1.82 bits per heavy atom. The number of rotatable bonds is 3. The molecular formula is C16H25N. The first-order valence-corrected chi connectivity index (χ1v) is 6.41. The van der Waals surface area contributed by atoms with Gasteiger partial charge in [-0.25, -0.2) is 0 Å². The number of hydrogen-bond donors (Lipinski definition) is 1. The third-order valence-electron chi connectivity index (χ3n) is 3.72. The van der Waals surface area contributed by atoms with E-state index in [1.807, 2.05) is 12.2 Å². The van der Waals surface area contributed by atoms with Crippen molar-refractivity contribution < 1.29 is 0 Å². The van der Waals surface area contributed by atoms with Crippen LogP contribution < -0.4 is 5.73 Å². The summed E-state index contributed by atoms with van der Waals surface area (Å²) in [4.78, 5) is 0. The summed E-state index contributed by atoms with van der Waals surface area (Å²) in [6.45, 7) is 12.5. The van der Waals surface area contributed by atoms with Crippen molar-refractivity contribution in [3.63, 3.8) is 0 Å². The van der Waals surface area contributed by atoms with Crippen LogP contribution in [-0.4, -0.2) is 0 Å². The molecule has 0 saturated carbocycles. The molecule has 2 N–H and O–H groups in total. The van der Waals surface area contributed by atoms with E-state index in [4.69, 9.17) is 5.73 Å². The fourth-order valence-corrected chi connectivity index (χ4v) is 2.26. The standard InChI is InChI=1S/C16H25N/c1-6-7-8-14-9-12(4)13(5)10-15(14)16(17)11(2)3/h6-8,12-13H,1,9-10,17H2,2-5H3/b8-7-. The van der Waals surface area contributed by atoms with Crippen LogP contribution in [0.5, 0.6) is 0 Å². The van der Waals surface area contributed by atoms with E-state index in [0.717, 1.165) is 24.5 Å². The Kier molecular flexibility index (Phi) is 4.80. The topological polar surface area (TPSA) is 26.0 Å². The van der Waals surface area contributed by atoms with Crippen molar-refractivity contribution in [1.29, 1.82) is 0 Å². The fraction of sp³-hybridized carbons (Fsp3) is 0.500. The normalized spacial score (nSPS) is 25.2. The van der Waals surface area contributed by atoms with Gasteiger partial charge >= 0.3 is 0 Å². The van der Waals surface area contributed by atoms with Gasteiger partial charge in [-0.3, -0.25) is 0 Å². The van der Waals surface area contributed by atoms with E-state index in [1.54, 1.807) is 0 Å². The van der Waals surface area contributed by atoms with Gasteiger partial charge in [-0.2, -0.15) is 0 Å². The highest BCUT2D eigenvalue weighted by Crippen LogP contribution is 2.37. The van der Waals surface area contributed by atoms with Gasteiger partial charge in [0.25, 0.3) is 0 Å². The molecule has 0 aliphatic heterocycles. The molecule has 1 aliphatic rings. The molecule has 0 aromatic heterocycles. The van der Waals surface area contributed by atoms with Crippen molar-refractivity contribution >= 4 is 0 Å². The Bertz CT molecular complexity index is 378. The third-order valence-corrected chi connectivity index (χ3v) is 3.72. The lowest BCUT2D eigenvalue weighted by Gasteiger charge is -2.30. The summed E-state index contributed by atoms with van der Waals surface area (Å²) in [5.74, 6) is 1.44. The minimum atomic E-state index is 0.712. The van der Waals surface area contributed by atoms with Gasteiger partial charge in [0, 0.05) is 5.70 Å². The van der Waals surface area contributed by atoms with Gasteiger partial charge in [0.1, 0.15) is 0 Å². The Balaban J connectivity index is 3.18. The zero-order valence-corrected chi connectivity index (χ0v) is 11.6. The number of nitrogens with two attached hydrogens (primary N) is 1. The van der Waals surface area contributed by atoms with Crippen molar-refractivity contribution in [2.75, 3.05) is 0 Å². The van der Waals surface area contributed by atoms with Gasteiger partial charge < -0.3 is 5.73 Å². The molecule has 2 unspecified atom stereocenters. The molecule has 0 spiro atoms. The molecule has 0 radical (unpaired) electrons. The van der Waals surface area contributed by atoms with E-state index in [9.17, 15) is 0 Å². The van der Waals surface area contributed by atoms with E-state index in [2.05, 4.69) is 40.3 Å². The molecule has 1 aliphatic carbocycles. The first kappa shape index (κ1) is 13.8. The van der Waals surface area contributed by atoms with Crippen LogP contribution in [0.25, 0.3) is 0 Å². The average Bonchev–Trinajstić information content (AvgIpc) is 2.29. The van der Waals surface area contributed by atoms with Crippen LogP contribution in [0.2, 0.25) is 0 Å². The molecule has 17 heavy (non-hydrogen) atoms. The van der Waals surface area contributed by atoms with Gasteiger partial charge in [-0.15, -0.1) is 0 Å². The Morgan fingerprint density at radius 3 is 2.35 bits per heavy atom. The van der Waals surface area contributed by atoms with E-state index < -0.39 is 0 Å². The lowest BCUT2D eigenvalue weighted by Crippen LogP contribution is -2.20. The van der Waals surface area contributed by atoms with Crippen LogP contribution in [0.4, 0.5) is 0 Å². The zero-order chi connectivity index (χ0) is 13.0. The third kappa shape index (κ3) is 3.36. The van der Waals surface area contributed by atoms with Crippen molar-refractivity contribution in [3.05, 3.63) is 47.2 Å². The summed E-state index contributed by atoms with van der Waals surface area (Å²) < 4.78 is 0. The second-order valence-electron chi connectivity index (χ2n) is 5.38. The number of hydrogen-bond acceptors (Lipinski definition) is 1. The molecule has 0 aromatic rings. The van der Waals surface area contributed by atoms with Gasteiger partial charge in [-0.1, -0.05) is 44.2 Å². The quantitative estimate of drug-likeness (QED) is 0.718. The van der Waals surface area contributed by atoms with Crippen LogP contribution in [0.15, 0.2) is 47.2 Å². The van der Waals surface area contributed by atoms with Crippen LogP contribution in [-0.2, 0) is 0 Å². The summed E-state index contributed by atoms with van der Waals surface area (Å²) in [5, 5.41) is 0. The van der Waals surface area contributed by atoms with Gasteiger partial charge in [0.15, 0.2) is 0 Å². The maximum atomic E-state index is 6.22. The second-order valence-corrected chi connectivity index (χ2v) is 5.38. The molecule has 0 amide bonds. The largest absolute Gasteiger partial charge is 0.399 e. The van der Waals surface area contributed by atoms with Crippen molar-refractivity contribution in [1.82, 2.24) is 0 Å². The first-order valence-electron chi connectivity index (χ1n) is 6.41. The first-order chi connectivity index (χ1) is 7.97. The van der Waals surface area contributed by atoms with Crippen LogP contribution >= 0.6 is 0 Å². The molecule has 1 rings (SSSR count). The van der Waals surface area contributed by atoms with E-state index in [0.29, 0.717) is 5.92 Å². The highest BCUT2D eigenvalue weighted by atomic mass is 14.6. The fourth-order valence-electron chi connectivity index (χ4n) is 2.26. The Morgan fingerprint density at radius 1 is 1.24 bits per heavy atom. The summed E-state index contributed by atoms with van der Waals surface area (Å²) >= 11 is 0. The summed E-state index contributed by atoms with van der Waals surface area (Å²) in [6.07, 6.45) is 8.21. The van der Waals surface area contributed by atoms with Crippen molar-refractivity contribution in [2.24, 2.45) is 17.6 Å². The monoisotopic (exact) mass is 231 g/mol. The van der Waals surface area contributed by atoms with Crippen LogP contribution in [0.1, 0.15) is 40.5 Å². The molecule has 0 saturated heterocycles. The molecule has 1 heteroatoms. The summed E-state index contributed by atoms with van der Waals surface area (Å²) in [7, 11) is 0. The molecular weight excluding hydrogens is 206 g/mol. The predicted octanol–water partition coefficient (Wildman–Crippen LogP) is 4.34. The lowest BCUT2D eigenvalue weighted by atomic mass is 9.76. The van der Waals surface area contributed by atoms with E-state index >= 15 is 0 Å².